The molecule has 0 aliphatic rings. The van der Waals surface area contributed by atoms with Gasteiger partial charge in [0.1, 0.15) is 0 Å². The van der Waals surface area contributed by atoms with Crippen molar-refractivity contribution in [1.29, 1.82) is 0 Å². The van der Waals surface area contributed by atoms with Crippen molar-refractivity contribution in [2.24, 2.45) is 0 Å². The van der Waals surface area contributed by atoms with E-state index in [1.165, 1.54) is 0 Å². The van der Waals surface area contributed by atoms with E-state index in [0.717, 1.165) is 5.56 Å². The SMILES string of the molecule is O=C(Cc1ccncc1)c1cccc(Cl)c1. The van der Waals surface area contributed by atoms with Gasteiger partial charge in [-0.15, -0.1) is 0 Å². The van der Waals surface area contributed by atoms with Crippen LogP contribution in [0.4, 0.5) is 0 Å². The molecule has 0 aliphatic carbocycles. The van der Waals surface area contributed by atoms with Gasteiger partial charge >= 0.3 is 0 Å². The lowest BCUT2D eigenvalue weighted by Gasteiger charge is -2.01. The van der Waals surface area contributed by atoms with Crippen LogP contribution in [0.5, 0.6) is 0 Å². The first-order valence-electron chi connectivity index (χ1n) is 4.93. The maximum atomic E-state index is 11.9. The number of halogens is 1. The fraction of sp³-hybridized carbons (Fsp3) is 0.0769. The van der Waals surface area contributed by atoms with Crippen LogP contribution in [0.2, 0.25) is 5.02 Å². The number of hydrogen-bond acceptors (Lipinski definition) is 2. The summed E-state index contributed by atoms with van der Waals surface area (Å²) in [7, 11) is 0. The molecule has 0 amide bonds. The minimum Gasteiger partial charge on any atom is -0.294 e. The first-order chi connectivity index (χ1) is 7.75. The summed E-state index contributed by atoms with van der Waals surface area (Å²) < 4.78 is 0. The molecule has 0 bridgehead atoms. The van der Waals surface area contributed by atoms with Crippen LogP contribution < -0.4 is 0 Å². The molecule has 0 atom stereocenters. The highest BCUT2D eigenvalue weighted by Crippen LogP contribution is 2.13. The summed E-state index contributed by atoms with van der Waals surface area (Å²) in [5.41, 5.74) is 1.60. The number of aromatic nitrogens is 1. The zero-order chi connectivity index (χ0) is 11.4. The second kappa shape index (κ2) is 4.90. The van der Waals surface area contributed by atoms with Gasteiger partial charge in [0.25, 0.3) is 0 Å². The van der Waals surface area contributed by atoms with Crippen LogP contribution in [0.15, 0.2) is 48.8 Å². The van der Waals surface area contributed by atoms with Crippen molar-refractivity contribution in [3.05, 3.63) is 64.9 Å². The molecule has 2 aromatic rings. The van der Waals surface area contributed by atoms with Crippen molar-refractivity contribution >= 4 is 17.4 Å². The van der Waals surface area contributed by atoms with E-state index < -0.39 is 0 Å². The molecule has 0 fully saturated rings. The summed E-state index contributed by atoms with van der Waals surface area (Å²) >= 11 is 5.83. The lowest BCUT2D eigenvalue weighted by Crippen LogP contribution is -2.03. The van der Waals surface area contributed by atoms with Gasteiger partial charge in [-0.3, -0.25) is 9.78 Å². The predicted octanol–water partition coefficient (Wildman–Crippen LogP) is 3.16. The minimum atomic E-state index is 0.0636. The van der Waals surface area contributed by atoms with Gasteiger partial charge in [0.2, 0.25) is 0 Å². The van der Waals surface area contributed by atoms with Gasteiger partial charge in [0.15, 0.2) is 5.78 Å². The molecule has 2 nitrogen and oxygen atoms in total. The average molecular weight is 232 g/mol. The van der Waals surface area contributed by atoms with E-state index in [-0.39, 0.29) is 5.78 Å². The molecule has 0 unspecified atom stereocenters. The highest BCUT2D eigenvalue weighted by Gasteiger charge is 2.06. The Morgan fingerprint density at radius 2 is 1.94 bits per heavy atom. The fourth-order valence-electron chi connectivity index (χ4n) is 1.45. The quantitative estimate of drug-likeness (QED) is 0.760. The van der Waals surface area contributed by atoms with Crippen LogP contribution in [0.3, 0.4) is 0 Å². The standard InChI is InChI=1S/C13H10ClNO/c14-12-3-1-2-11(9-12)13(16)8-10-4-6-15-7-5-10/h1-7,9H,8H2. The van der Waals surface area contributed by atoms with Crippen molar-refractivity contribution in [1.82, 2.24) is 4.98 Å². The molecular formula is C13H10ClNO. The third-order valence-electron chi connectivity index (χ3n) is 2.26. The zero-order valence-electron chi connectivity index (χ0n) is 8.56. The Kier molecular flexibility index (Phi) is 3.32. The first kappa shape index (κ1) is 10.8. The summed E-state index contributed by atoms with van der Waals surface area (Å²) in [6, 6.07) is 10.7. The van der Waals surface area contributed by atoms with E-state index in [9.17, 15) is 4.79 Å². The maximum absolute atomic E-state index is 11.9. The van der Waals surface area contributed by atoms with Gasteiger partial charge in [0.05, 0.1) is 0 Å². The highest BCUT2D eigenvalue weighted by atomic mass is 35.5. The second-order valence-electron chi connectivity index (χ2n) is 3.47. The molecule has 0 radical (unpaired) electrons. The fourth-order valence-corrected chi connectivity index (χ4v) is 1.64. The van der Waals surface area contributed by atoms with Crippen LogP contribution in [-0.2, 0) is 6.42 Å². The number of benzene rings is 1. The Bertz CT molecular complexity index is 496. The molecule has 1 heterocycles. The number of rotatable bonds is 3. The Morgan fingerprint density at radius 1 is 1.19 bits per heavy atom. The van der Waals surface area contributed by atoms with Gasteiger partial charge in [-0.25, -0.2) is 0 Å². The number of nitrogens with zero attached hydrogens (tertiary/aromatic N) is 1. The van der Waals surface area contributed by atoms with Crippen LogP contribution >= 0.6 is 11.6 Å². The second-order valence-corrected chi connectivity index (χ2v) is 3.90. The van der Waals surface area contributed by atoms with Crippen molar-refractivity contribution < 1.29 is 4.79 Å². The van der Waals surface area contributed by atoms with Crippen molar-refractivity contribution in [3.63, 3.8) is 0 Å². The topological polar surface area (TPSA) is 30.0 Å². The molecule has 0 saturated carbocycles. The molecule has 0 saturated heterocycles. The van der Waals surface area contributed by atoms with Crippen molar-refractivity contribution in [3.8, 4) is 0 Å². The van der Waals surface area contributed by atoms with Crippen LogP contribution in [0.25, 0.3) is 0 Å². The number of ketones is 1. The molecule has 1 aromatic carbocycles. The summed E-state index contributed by atoms with van der Waals surface area (Å²) in [4.78, 5) is 15.8. The van der Waals surface area contributed by atoms with Gasteiger partial charge in [-0.2, -0.15) is 0 Å². The van der Waals surface area contributed by atoms with E-state index in [1.54, 1.807) is 36.7 Å². The van der Waals surface area contributed by atoms with Crippen molar-refractivity contribution in [2.45, 2.75) is 6.42 Å². The van der Waals surface area contributed by atoms with E-state index in [0.29, 0.717) is 17.0 Å². The molecule has 16 heavy (non-hydrogen) atoms. The molecule has 80 valence electrons. The van der Waals surface area contributed by atoms with E-state index in [4.69, 9.17) is 11.6 Å². The van der Waals surface area contributed by atoms with E-state index in [1.807, 2.05) is 12.1 Å². The number of pyridine rings is 1. The smallest absolute Gasteiger partial charge is 0.167 e. The zero-order valence-corrected chi connectivity index (χ0v) is 9.32. The third-order valence-corrected chi connectivity index (χ3v) is 2.50. The molecule has 0 spiro atoms. The number of Topliss-reactive ketones (excluding diaryl/α,β-unsaturated/α-hetero) is 1. The average Bonchev–Trinajstić information content (AvgIpc) is 2.30. The normalized spacial score (nSPS) is 10.1. The Morgan fingerprint density at radius 3 is 2.62 bits per heavy atom. The summed E-state index contributed by atoms with van der Waals surface area (Å²) in [5.74, 6) is 0.0636. The molecule has 0 N–H and O–H groups in total. The van der Waals surface area contributed by atoms with Gasteiger partial charge in [-0.1, -0.05) is 23.7 Å². The molecular weight excluding hydrogens is 222 g/mol. The summed E-state index contributed by atoms with van der Waals surface area (Å²) in [6.45, 7) is 0. The Balaban J connectivity index is 2.15. The van der Waals surface area contributed by atoms with Crippen LogP contribution in [-0.4, -0.2) is 10.8 Å². The summed E-state index contributed by atoms with van der Waals surface area (Å²) in [6.07, 6.45) is 3.74. The monoisotopic (exact) mass is 231 g/mol. The summed E-state index contributed by atoms with van der Waals surface area (Å²) in [5, 5.41) is 0.584. The van der Waals surface area contributed by atoms with Crippen molar-refractivity contribution in [2.75, 3.05) is 0 Å². The number of hydrogen-bond donors (Lipinski definition) is 0. The Hall–Kier alpha value is -1.67. The molecule has 1 aromatic heterocycles. The lowest BCUT2D eigenvalue weighted by molar-refractivity contribution is 0.0993. The van der Waals surface area contributed by atoms with E-state index in [2.05, 4.69) is 4.98 Å². The molecule has 2 rings (SSSR count). The highest BCUT2D eigenvalue weighted by molar-refractivity contribution is 6.31. The number of carbonyl (C=O) groups excluding carboxylic acids is 1. The van der Waals surface area contributed by atoms with Gasteiger partial charge in [-0.05, 0) is 29.8 Å². The third kappa shape index (κ3) is 2.67. The van der Waals surface area contributed by atoms with Crippen LogP contribution in [0.1, 0.15) is 15.9 Å². The lowest BCUT2D eigenvalue weighted by atomic mass is 10.0. The maximum Gasteiger partial charge on any atom is 0.167 e. The number of carbonyl (C=O) groups is 1. The van der Waals surface area contributed by atoms with Gasteiger partial charge < -0.3 is 0 Å². The largest absolute Gasteiger partial charge is 0.294 e. The van der Waals surface area contributed by atoms with E-state index >= 15 is 0 Å². The van der Waals surface area contributed by atoms with Crippen LogP contribution in [0, 0.1) is 0 Å². The van der Waals surface area contributed by atoms with Gasteiger partial charge in [0, 0.05) is 29.4 Å². The molecule has 0 aliphatic heterocycles. The first-order valence-corrected chi connectivity index (χ1v) is 5.31. The minimum absolute atomic E-state index is 0.0636. The Labute approximate surface area is 98.9 Å². The predicted molar refractivity (Wildman–Crippen MR) is 63.7 cm³/mol. The molecule has 3 heteroatoms.